The largest absolute Gasteiger partial charge is 0.465 e. The van der Waals surface area contributed by atoms with E-state index >= 15 is 0 Å². The Morgan fingerprint density at radius 2 is 1.91 bits per heavy atom. The molecule has 1 atom stereocenters. The summed E-state index contributed by atoms with van der Waals surface area (Å²) in [6.45, 7) is 8.18. The number of aliphatic hydroxyl groups excluding tert-OH is 1. The number of hydrogen-bond donors (Lipinski definition) is 1. The van der Waals surface area contributed by atoms with Gasteiger partial charge >= 0.3 is 5.97 Å². The fraction of sp³-hybridized carbons (Fsp3) is 0.462. The average Bonchev–Trinajstić information content (AvgIpc) is 3.23. The van der Waals surface area contributed by atoms with Crippen molar-refractivity contribution in [3.05, 3.63) is 51.1 Å². The summed E-state index contributed by atoms with van der Waals surface area (Å²) >= 11 is 2.26. The van der Waals surface area contributed by atoms with Crippen molar-refractivity contribution in [3.63, 3.8) is 0 Å². The van der Waals surface area contributed by atoms with Crippen molar-refractivity contribution in [1.29, 1.82) is 5.26 Å². The Labute approximate surface area is 214 Å². The summed E-state index contributed by atoms with van der Waals surface area (Å²) in [6.07, 6.45) is 1.42. The minimum absolute atomic E-state index is 0.0439. The van der Waals surface area contributed by atoms with Gasteiger partial charge in [-0.2, -0.15) is 10.1 Å². The molecule has 0 spiro atoms. The van der Waals surface area contributed by atoms with Crippen molar-refractivity contribution in [3.8, 4) is 11.8 Å². The third-order valence-corrected chi connectivity index (χ3v) is 6.78. The van der Waals surface area contributed by atoms with E-state index in [9.17, 15) is 9.90 Å². The molecule has 34 heavy (non-hydrogen) atoms. The Morgan fingerprint density at radius 3 is 2.56 bits per heavy atom. The molecule has 0 aliphatic rings. The minimum atomic E-state index is -0.699. The lowest BCUT2D eigenvalue weighted by Gasteiger charge is -2.27. The highest BCUT2D eigenvalue weighted by Crippen LogP contribution is 2.28. The van der Waals surface area contributed by atoms with E-state index in [1.165, 1.54) is 0 Å². The third kappa shape index (κ3) is 6.33. The van der Waals surface area contributed by atoms with Gasteiger partial charge in [-0.25, -0.2) is 0 Å². The van der Waals surface area contributed by atoms with Gasteiger partial charge in [0.15, 0.2) is 0 Å². The van der Waals surface area contributed by atoms with Gasteiger partial charge in [-0.05, 0) is 82.3 Å². The molecule has 0 fully saturated rings. The van der Waals surface area contributed by atoms with Crippen LogP contribution in [0.1, 0.15) is 58.1 Å². The van der Waals surface area contributed by atoms with E-state index in [1.54, 1.807) is 4.80 Å². The average molecular weight is 574 g/mol. The molecule has 0 radical (unpaired) electrons. The SMILES string of the molecule is CCC(CO)(CC#N)COC(=O)CCc1cc(-n2nc3ccc(I)cc3n2)cc(C(C)(C)C)c1. The molecule has 0 amide bonds. The van der Waals surface area contributed by atoms with Crippen LogP contribution in [0.5, 0.6) is 0 Å². The second-order valence-corrected chi connectivity index (χ2v) is 11.0. The van der Waals surface area contributed by atoms with Gasteiger partial charge in [0, 0.05) is 21.8 Å². The number of hydrogen-bond acceptors (Lipinski definition) is 6. The molecule has 180 valence electrons. The van der Waals surface area contributed by atoms with Gasteiger partial charge in [-0.15, -0.1) is 10.2 Å². The summed E-state index contributed by atoms with van der Waals surface area (Å²) in [4.78, 5) is 14.1. The fourth-order valence-electron chi connectivity index (χ4n) is 3.58. The Balaban J connectivity index is 1.80. The number of esters is 1. The zero-order chi connectivity index (χ0) is 24.9. The first-order chi connectivity index (χ1) is 16.1. The van der Waals surface area contributed by atoms with Gasteiger partial charge in [-0.1, -0.05) is 33.8 Å². The maximum atomic E-state index is 12.5. The van der Waals surface area contributed by atoms with Crippen LogP contribution in [0.4, 0.5) is 0 Å². The van der Waals surface area contributed by atoms with Crippen molar-refractivity contribution in [2.75, 3.05) is 13.2 Å². The second kappa shape index (κ2) is 10.8. The van der Waals surface area contributed by atoms with Crippen LogP contribution in [0.2, 0.25) is 0 Å². The van der Waals surface area contributed by atoms with Crippen molar-refractivity contribution in [2.24, 2.45) is 5.41 Å². The van der Waals surface area contributed by atoms with Crippen LogP contribution < -0.4 is 0 Å². The first-order valence-corrected chi connectivity index (χ1v) is 12.5. The predicted octanol–water partition coefficient (Wildman–Crippen LogP) is 5.10. The molecule has 1 aromatic heterocycles. The van der Waals surface area contributed by atoms with Crippen molar-refractivity contribution in [2.45, 2.75) is 58.8 Å². The third-order valence-electron chi connectivity index (χ3n) is 6.11. The molecule has 0 saturated heterocycles. The van der Waals surface area contributed by atoms with E-state index in [1.807, 2.05) is 31.2 Å². The van der Waals surface area contributed by atoms with Crippen LogP contribution in [0, 0.1) is 20.3 Å². The number of ether oxygens (including phenoxy) is 1. The molecule has 0 saturated carbocycles. The highest BCUT2D eigenvalue weighted by molar-refractivity contribution is 14.1. The number of fused-ring (bicyclic) bond motifs is 1. The van der Waals surface area contributed by atoms with E-state index in [4.69, 9.17) is 10.00 Å². The van der Waals surface area contributed by atoms with Gasteiger partial charge in [0.1, 0.15) is 17.6 Å². The number of nitriles is 1. The van der Waals surface area contributed by atoms with Crippen LogP contribution >= 0.6 is 22.6 Å². The quantitative estimate of drug-likeness (QED) is 0.282. The second-order valence-electron chi connectivity index (χ2n) is 9.77. The molecule has 1 unspecified atom stereocenters. The fourth-order valence-corrected chi connectivity index (χ4v) is 4.06. The number of aliphatic hydroxyl groups is 1. The molecule has 1 N–H and O–H groups in total. The van der Waals surface area contributed by atoms with Gasteiger partial charge in [0.2, 0.25) is 0 Å². The predicted molar refractivity (Wildman–Crippen MR) is 140 cm³/mol. The lowest BCUT2D eigenvalue weighted by atomic mass is 9.84. The first kappa shape index (κ1) is 26.1. The van der Waals surface area contributed by atoms with Crippen molar-refractivity contribution in [1.82, 2.24) is 15.0 Å². The normalized spacial score (nSPS) is 13.4. The van der Waals surface area contributed by atoms with E-state index in [0.29, 0.717) is 12.8 Å². The summed E-state index contributed by atoms with van der Waals surface area (Å²) in [6, 6.07) is 14.3. The summed E-state index contributed by atoms with van der Waals surface area (Å²) in [5.74, 6) is -0.343. The molecular weight excluding hydrogens is 543 g/mol. The molecule has 1 heterocycles. The van der Waals surface area contributed by atoms with Crippen LogP contribution in [0.3, 0.4) is 0 Å². The number of benzene rings is 2. The standard InChI is InChI=1S/C26H31IN4O3/c1-5-26(16-32,10-11-28)17-34-24(33)9-6-18-12-19(25(2,3)4)14-21(13-18)31-29-22-8-7-20(27)15-23(22)30-31/h7-8,12-15,32H,5-6,9-10,16-17H2,1-4H3. The van der Waals surface area contributed by atoms with Crippen LogP contribution in [-0.2, 0) is 21.4 Å². The summed E-state index contributed by atoms with van der Waals surface area (Å²) in [7, 11) is 0. The highest BCUT2D eigenvalue weighted by atomic mass is 127. The zero-order valence-electron chi connectivity index (χ0n) is 20.1. The van der Waals surface area contributed by atoms with Crippen molar-refractivity contribution >= 4 is 39.6 Å². The van der Waals surface area contributed by atoms with E-state index in [0.717, 1.165) is 31.4 Å². The lowest BCUT2D eigenvalue weighted by Crippen LogP contribution is -2.31. The molecule has 0 aliphatic heterocycles. The van der Waals surface area contributed by atoms with E-state index < -0.39 is 5.41 Å². The molecule has 3 rings (SSSR count). The number of aromatic nitrogens is 3. The number of halogens is 1. The van der Waals surface area contributed by atoms with Crippen LogP contribution in [0.25, 0.3) is 16.7 Å². The molecule has 2 aromatic carbocycles. The number of nitrogens with zero attached hydrogens (tertiary/aromatic N) is 4. The molecule has 0 bridgehead atoms. The topological polar surface area (TPSA) is 101 Å². The minimum Gasteiger partial charge on any atom is -0.465 e. The van der Waals surface area contributed by atoms with Crippen LogP contribution in [0.15, 0.2) is 36.4 Å². The zero-order valence-corrected chi connectivity index (χ0v) is 22.3. The smallest absolute Gasteiger partial charge is 0.306 e. The molecule has 3 aromatic rings. The maximum absolute atomic E-state index is 12.5. The van der Waals surface area contributed by atoms with Gasteiger partial charge in [0.25, 0.3) is 0 Å². The Hall–Kier alpha value is -2.51. The summed E-state index contributed by atoms with van der Waals surface area (Å²) < 4.78 is 6.55. The lowest BCUT2D eigenvalue weighted by molar-refractivity contribution is -0.148. The molecule has 8 heteroatoms. The number of carbonyl (C=O) groups is 1. The summed E-state index contributed by atoms with van der Waals surface area (Å²) in [5, 5.41) is 28.0. The van der Waals surface area contributed by atoms with Crippen molar-refractivity contribution < 1.29 is 14.6 Å². The maximum Gasteiger partial charge on any atom is 0.306 e. The van der Waals surface area contributed by atoms with Gasteiger partial charge < -0.3 is 9.84 Å². The Kier molecular flexibility index (Phi) is 8.31. The van der Waals surface area contributed by atoms with Gasteiger partial charge in [-0.3, -0.25) is 4.79 Å². The van der Waals surface area contributed by atoms with Crippen LogP contribution in [-0.4, -0.2) is 39.3 Å². The molecule has 7 nitrogen and oxygen atoms in total. The first-order valence-electron chi connectivity index (χ1n) is 11.4. The van der Waals surface area contributed by atoms with E-state index in [2.05, 4.69) is 71.8 Å². The van der Waals surface area contributed by atoms with Gasteiger partial charge in [0.05, 0.1) is 18.4 Å². The Morgan fingerprint density at radius 1 is 1.18 bits per heavy atom. The molecule has 0 aliphatic carbocycles. The van der Waals surface area contributed by atoms with E-state index in [-0.39, 0.29) is 37.4 Å². The monoisotopic (exact) mass is 574 g/mol. The number of aryl methyl sites for hydroxylation is 1. The number of rotatable bonds is 9. The highest BCUT2D eigenvalue weighted by Gasteiger charge is 2.29. The molecular formula is C26H31IN4O3. The summed E-state index contributed by atoms with van der Waals surface area (Å²) in [5.41, 5.74) is 3.84. The Bertz CT molecular complexity index is 1200. The number of carbonyl (C=O) groups excluding carboxylic acids is 1.